The first-order valence-corrected chi connectivity index (χ1v) is 5.81. The molecular weight excluding hydrogens is 212 g/mol. The van der Waals surface area contributed by atoms with Crippen molar-refractivity contribution in [2.45, 2.75) is 6.42 Å². The van der Waals surface area contributed by atoms with Crippen LogP contribution in [0.2, 0.25) is 0 Å². The zero-order valence-electron chi connectivity index (χ0n) is 7.21. The molecular formula is C7H10O6S-2. The zero-order chi connectivity index (χ0) is 10.9. The highest BCUT2D eigenvalue weighted by Gasteiger charge is 2.37. The van der Waals surface area contributed by atoms with Crippen LogP contribution in [0.3, 0.4) is 0 Å². The van der Waals surface area contributed by atoms with Crippen LogP contribution in [0.15, 0.2) is 0 Å². The molecule has 0 bridgehead atoms. The van der Waals surface area contributed by atoms with Crippen molar-refractivity contribution in [3.63, 3.8) is 0 Å². The summed E-state index contributed by atoms with van der Waals surface area (Å²) in [6.07, 6.45) is 0.117. The average Bonchev–Trinajstić information content (AvgIpc) is 2.28. The van der Waals surface area contributed by atoms with Crippen molar-refractivity contribution in [2.24, 2.45) is 11.8 Å². The lowest BCUT2D eigenvalue weighted by atomic mass is 9.92. The van der Waals surface area contributed by atoms with Crippen LogP contribution in [-0.4, -0.2) is 42.8 Å². The van der Waals surface area contributed by atoms with Crippen molar-refractivity contribution in [3.8, 4) is 0 Å². The lowest BCUT2D eigenvalue weighted by Gasteiger charge is -2.57. The molecule has 1 saturated heterocycles. The molecule has 0 amide bonds. The van der Waals surface area contributed by atoms with Crippen LogP contribution in [-0.2, 0) is 9.59 Å². The lowest BCUT2D eigenvalue weighted by Crippen LogP contribution is -2.31. The molecule has 0 saturated carbocycles. The van der Waals surface area contributed by atoms with E-state index in [1.165, 1.54) is 0 Å². The van der Waals surface area contributed by atoms with Crippen LogP contribution in [0.1, 0.15) is 6.42 Å². The van der Waals surface area contributed by atoms with E-state index in [0.29, 0.717) is 0 Å². The number of hydrogen-bond acceptors (Lipinski definition) is 4. The summed E-state index contributed by atoms with van der Waals surface area (Å²) in [5.74, 6) is -5.80. The largest absolute Gasteiger partial charge is 0.800 e. The summed E-state index contributed by atoms with van der Waals surface area (Å²) in [5.41, 5.74) is 0. The average molecular weight is 222 g/mol. The van der Waals surface area contributed by atoms with Crippen LogP contribution in [0, 0.1) is 11.8 Å². The Morgan fingerprint density at radius 2 is 1.79 bits per heavy atom. The van der Waals surface area contributed by atoms with Crippen molar-refractivity contribution >= 4 is 22.5 Å². The first-order chi connectivity index (χ1) is 6.33. The molecule has 2 N–H and O–H groups in total. The maximum absolute atomic E-state index is 11.0. The van der Waals surface area contributed by atoms with Gasteiger partial charge in [-0.1, -0.05) is 0 Å². The van der Waals surface area contributed by atoms with Gasteiger partial charge in [0.1, 0.15) is 0 Å². The predicted molar refractivity (Wildman–Crippen MR) is 45.7 cm³/mol. The van der Waals surface area contributed by atoms with E-state index >= 15 is 0 Å². The van der Waals surface area contributed by atoms with Crippen LogP contribution in [0.25, 0.3) is 0 Å². The Bertz CT molecular complexity index is 249. The third-order valence-electron chi connectivity index (χ3n) is 2.27. The Labute approximate surface area is 81.9 Å². The standard InChI is InChI=1S/C7H12O6S/c8-6(9)5(7(10)11)4-1-2-14(12,13)3-4/h4-5,12-13H,1-3H2,(H,8,9)(H,10,11)/p-2. The molecule has 1 rings (SSSR count). The fraction of sp³-hybridized carbons (Fsp3) is 0.714. The van der Waals surface area contributed by atoms with Crippen molar-refractivity contribution < 1.29 is 28.9 Å². The Morgan fingerprint density at radius 1 is 1.29 bits per heavy atom. The molecule has 0 aromatic carbocycles. The molecule has 1 aliphatic heterocycles. The van der Waals surface area contributed by atoms with Crippen LogP contribution in [0.5, 0.6) is 0 Å². The van der Waals surface area contributed by atoms with Gasteiger partial charge in [-0.15, -0.1) is 0 Å². The molecule has 0 radical (unpaired) electrons. The fourth-order valence-corrected chi connectivity index (χ4v) is 3.44. The van der Waals surface area contributed by atoms with Gasteiger partial charge >= 0.3 is 11.9 Å². The molecule has 14 heavy (non-hydrogen) atoms. The maximum Gasteiger partial charge on any atom is 0.318 e. The van der Waals surface area contributed by atoms with Crippen molar-refractivity contribution in [1.82, 2.24) is 0 Å². The molecule has 0 aromatic heterocycles. The Kier molecular flexibility index (Phi) is 3.03. The summed E-state index contributed by atoms with van der Waals surface area (Å²) < 4.78 is 22.0. The first-order valence-electron chi connectivity index (χ1n) is 3.99. The molecule has 0 spiro atoms. The van der Waals surface area contributed by atoms with E-state index in [1.807, 2.05) is 0 Å². The zero-order valence-corrected chi connectivity index (χ0v) is 8.03. The van der Waals surface area contributed by atoms with E-state index < -0.39 is 34.4 Å². The minimum atomic E-state index is -3.23. The number of rotatable bonds is 3. The summed E-state index contributed by atoms with van der Waals surface area (Å²) in [6.45, 7) is 0. The van der Waals surface area contributed by atoms with E-state index in [2.05, 4.69) is 0 Å². The lowest BCUT2D eigenvalue weighted by molar-refractivity contribution is -0.156. The summed E-state index contributed by atoms with van der Waals surface area (Å²) in [4.78, 5) is 21.1. The van der Waals surface area contributed by atoms with E-state index in [9.17, 15) is 18.7 Å². The summed E-state index contributed by atoms with van der Waals surface area (Å²) in [6, 6.07) is 0. The summed E-state index contributed by atoms with van der Waals surface area (Å²) >= 11 is 0. The Balaban J connectivity index is 2.73. The highest BCUT2D eigenvalue weighted by atomic mass is 32.3. The fourth-order valence-electron chi connectivity index (χ4n) is 1.60. The van der Waals surface area contributed by atoms with Gasteiger partial charge in [-0.2, -0.15) is 0 Å². The highest BCUT2D eigenvalue weighted by Crippen LogP contribution is 2.49. The van der Waals surface area contributed by atoms with E-state index in [4.69, 9.17) is 10.2 Å². The molecule has 7 heteroatoms. The quantitative estimate of drug-likeness (QED) is 0.641. The van der Waals surface area contributed by atoms with Gasteiger partial charge in [0.25, 0.3) is 0 Å². The molecule has 1 unspecified atom stereocenters. The number of sulfone groups is 1. The van der Waals surface area contributed by atoms with Gasteiger partial charge in [0.2, 0.25) is 0 Å². The second-order valence-corrected chi connectivity index (χ2v) is 5.55. The number of aliphatic carboxylic acids is 2. The van der Waals surface area contributed by atoms with Crippen molar-refractivity contribution in [2.75, 3.05) is 11.5 Å². The molecule has 1 fully saturated rings. The molecule has 82 valence electrons. The third-order valence-corrected chi connectivity index (χ3v) is 4.06. The van der Waals surface area contributed by atoms with Gasteiger partial charge in [-0.25, -0.2) is 0 Å². The molecule has 0 aromatic rings. The van der Waals surface area contributed by atoms with E-state index in [0.717, 1.165) is 0 Å². The van der Waals surface area contributed by atoms with Gasteiger partial charge in [0, 0.05) is 0 Å². The summed E-state index contributed by atoms with van der Waals surface area (Å²) in [7, 11) is -3.23. The first kappa shape index (κ1) is 11.3. The van der Waals surface area contributed by atoms with E-state index in [-0.39, 0.29) is 17.9 Å². The molecule has 0 aliphatic carbocycles. The predicted octanol–water partition coefficient (Wildman–Crippen LogP) is -0.143. The number of hydrogen-bond donors (Lipinski definition) is 2. The Morgan fingerprint density at radius 3 is 2.07 bits per heavy atom. The second-order valence-electron chi connectivity index (χ2n) is 3.32. The van der Waals surface area contributed by atoms with Gasteiger partial charge in [-0.05, 0) is 23.8 Å². The summed E-state index contributed by atoms with van der Waals surface area (Å²) in [5, 5.41) is 17.2. The number of carboxylic acids is 2. The van der Waals surface area contributed by atoms with Crippen molar-refractivity contribution in [1.29, 1.82) is 0 Å². The molecule has 1 aliphatic rings. The topological polar surface area (TPSA) is 121 Å². The Hall–Kier alpha value is -0.790. The van der Waals surface area contributed by atoms with Crippen LogP contribution >= 0.6 is 10.6 Å². The number of carboxylic acid groups (broad SMARTS) is 2. The van der Waals surface area contributed by atoms with Crippen LogP contribution < -0.4 is 0 Å². The smallest absolute Gasteiger partial charge is 0.318 e. The normalized spacial score (nSPS) is 27.5. The van der Waals surface area contributed by atoms with Gasteiger partial charge in [-0.3, -0.25) is 9.59 Å². The number of carbonyl (C=O) groups is 2. The molecule has 1 atom stereocenters. The molecule has 6 nitrogen and oxygen atoms in total. The van der Waals surface area contributed by atoms with Gasteiger partial charge < -0.3 is 29.9 Å². The van der Waals surface area contributed by atoms with Gasteiger partial charge in [0.15, 0.2) is 5.92 Å². The maximum atomic E-state index is 11.0. The van der Waals surface area contributed by atoms with Crippen molar-refractivity contribution in [3.05, 3.63) is 0 Å². The minimum Gasteiger partial charge on any atom is -0.800 e. The third kappa shape index (κ3) is 2.37. The highest BCUT2D eigenvalue weighted by molar-refractivity contribution is 8.24. The minimum absolute atomic E-state index is 0.116. The van der Waals surface area contributed by atoms with Crippen LogP contribution in [0.4, 0.5) is 0 Å². The molecule has 1 heterocycles. The monoisotopic (exact) mass is 222 g/mol. The van der Waals surface area contributed by atoms with E-state index in [1.54, 1.807) is 0 Å². The van der Waals surface area contributed by atoms with Gasteiger partial charge in [0.05, 0.1) is 0 Å². The SMILES string of the molecule is O=C(O)C(C(=O)O)C1CCS([O-])([O-])C1. The second kappa shape index (κ2) is 3.76.